The summed E-state index contributed by atoms with van der Waals surface area (Å²) in [6.07, 6.45) is 1.09. The second kappa shape index (κ2) is 7.01. The van der Waals surface area contributed by atoms with Gasteiger partial charge in [-0.25, -0.2) is 4.39 Å². The minimum atomic E-state index is -0.324. The summed E-state index contributed by atoms with van der Waals surface area (Å²) < 4.78 is 24.5. The van der Waals surface area contributed by atoms with Crippen molar-refractivity contribution < 1.29 is 13.9 Å². The molecule has 0 amide bonds. The maximum atomic E-state index is 13.1. The lowest BCUT2D eigenvalue weighted by Gasteiger charge is -2.28. The fourth-order valence-corrected chi connectivity index (χ4v) is 2.85. The average molecular weight is 315 g/mol. The van der Waals surface area contributed by atoms with E-state index in [1.54, 1.807) is 6.07 Å². The predicted molar refractivity (Wildman–Crippen MR) is 89.8 cm³/mol. The van der Waals surface area contributed by atoms with Crippen LogP contribution in [0, 0.1) is 17.7 Å². The number of nitrogen functional groups attached to an aromatic ring is 1. The number of halogens is 1. The molecule has 2 atom stereocenters. The molecular formula is C19H22FNO2. The van der Waals surface area contributed by atoms with Gasteiger partial charge in [-0.15, -0.1) is 0 Å². The van der Waals surface area contributed by atoms with E-state index in [1.165, 1.54) is 12.1 Å². The molecule has 0 bridgehead atoms. The number of nitrogens with two attached hydrogens (primary N) is 1. The second-order valence-corrected chi connectivity index (χ2v) is 6.17. The van der Waals surface area contributed by atoms with Crippen LogP contribution in [0.1, 0.15) is 13.3 Å². The summed E-state index contributed by atoms with van der Waals surface area (Å²) in [6.45, 7) is 4.53. The Hall–Kier alpha value is -2.07. The minimum absolute atomic E-state index is 0.324. The Morgan fingerprint density at radius 1 is 1.22 bits per heavy atom. The summed E-state index contributed by atoms with van der Waals surface area (Å²) in [5, 5.41) is 0. The topological polar surface area (TPSA) is 44.5 Å². The molecule has 4 heteroatoms. The largest absolute Gasteiger partial charge is 0.493 e. The molecule has 0 spiro atoms. The van der Waals surface area contributed by atoms with Gasteiger partial charge in [0.15, 0.2) is 0 Å². The van der Waals surface area contributed by atoms with Gasteiger partial charge in [-0.05, 0) is 48.2 Å². The zero-order chi connectivity index (χ0) is 16.2. The maximum absolute atomic E-state index is 13.1. The second-order valence-electron chi connectivity index (χ2n) is 6.17. The summed E-state index contributed by atoms with van der Waals surface area (Å²) in [4.78, 5) is 0. The highest BCUT2D eigenvalue weighted by Crippen LogP contribution is 2.28. The van der Waals surface area contributed by atoms with Crippen molar-refractivity contribution in [2.45, 2.75) is 13.3 Å². The van der Waals surface area contributed by atoms with Crippen molar-refractivity contribution in [3.05, 3.63) is 48.3 Å². The standard InChI is InChI=1S/C19H22FNO2/c1-13-8-9-22-11-15(13)12-23-17-5-2-14(3-6-17)18-7-4-16(20)10-19(18)21/h2-7,10,13,15H,8-9,11-12,21H2,1H3/t13?,15-/m1/s1. The zero-order valence-corrected chi connectivity index (χ0v) is 13.3. The lowest BCUT2D eigenvalue weighted by Crippen LogP contribution is -2.30. The van der Waals surface area contributed by atoms with Crippen LogP contribution in [-0.2, 0) is 4.74 Å². The minimum Gasteiger partial charge on any atom is -0.493 e. The SMILES string of the molecule is CC1CCOC[C@@H]1COc1ccc(-c2ccc(F)cc2N)cc1. The molecule has 2 aromatic carbocycles. The molecule has 1 saturated heterocycles. The highest BCUT2D eigenvalue weighted by atomic mass is 19.1. The van der Waals surface area contributed by atoms with Gasteiger partial charge in [0, 0.05) is 23.8 Å². The molecule has 0 aromatic heterocycles. The normalized spacial score (nSPS) is 21.1. The highest BCUT2D eigenvalue weighted by Gasteiger charge is 2.22. The van der Waals surface area contributed by atoms with Crippen LogP contribution in [0.3, 0.4) is 0 Å². The van der Waals surface area contributed by atoms with E-state index >= 15 is 0 Å². The van der Waals surface area contributed by atoms with Crippen LogP contribution in [-0.4, -0.2) is 19.8 Å². The molecular weight excluding hydrogens is 293 g/mol. The van der Waals surface area contributed by atoms with Crippen molar-refractivity contribution in [1.82, 2.24) is 0 Å². The highest BCUT2D eigenvalue weighted by molar-refractivity contribution is 5.76. The lowest BCUT2D eigenvalue weighted by molar-refractivity contribution is 0.00349. The predicted octanol–water partition coefficient (Wildman–Crippen LogP) is 4.13. The van der Waals surface area contributed by atoms with Crippen molar-refractivity contribution in [2.24, 2.45) is 11.8 Å². The van der Waals surface area contributed by atoms with Gasteiger partial charge >= 0.3 is 0 Å². The van der Waals surface area contributed by atoms with Gasteiger partial charge in [0.25, 0.3) is 0 Å². The first kappa shape index (κ1) is 15.8. The lowest BCUT2D eigenvalue weighted by atomic mass is 9.91. The molecule has 1 aliphatic rings. The Kier molecular flexibility index (Phi) is 4.82. The summed E-state index contributed by atoms with van der Waals surface area (Å²) in [5.74, 6) is 1.57. The Balaban J connectivity index is 1.65. The molecule has 23 heavy (non-hydrogen) atoms. The molecule has 2 N–H and O–H groups in total. The quantitative estimate of drug-likeness (QED) is 0.863. The molecule has 0 radical (unpaired) electrons. The third-order valence-electron chi connectivity index (χ3n) is 4.50. The summed E-state index contributed by atoms with van der Waals surface area (Å²) in [6, 6.07) is 12.2. The first-order chi connectivity index (χ1) is 11.1. The molecule has 0 aliphatic carbocycles. The van der Waals surface area contributed by atoms with Crippen molar-refractivity contribution in [2.75, 3.05) is 25.6 Å². The van der Waals surface area contributed by atoms with E-state index in [-0.39, 0.29) is 5.82 Å². The van der Waals surface area contributed by atoms with Gasteiger partial charge in [0.2, 0.25) is 0 Å². The van der Waals surface area contributed by atoms with Crippen molar-refractivity contribution >= 4 is 5.69 Å². The van der Waals surface area contributed by atoms with Crippen LogP contribution in [0.2, 0.25) is 0 Å². The Morgan fingerprint density at radius 2 is 2.00 bits per heavy atom. The summed E-state index contributed by atoms with van der Waals surface area (Å²) >= 11 is 0. The number of ether oxygens (including phenoxy) is 2. The average Bonchev–Trinajstić information content (AvgIpc) is 2.55. The molecule has 0 saturated carbocycles. The first-order valence-electron chi connectivity index (χ1n) is 7.99. The van der Waals surface area contributed by atoms with Crippen LogP contribution in [0.5, 0.6) is 5.75 Å². The maximum Gasteiger partial charge on any atom is 0.125 e. The number of hydrogen-bond donors (Lipinski definition) is 1. The smallest absolute Gasteiger partial charge is 0.125 e. The monoisotopic (exact) mass is 315 g/mol. The van der Waals surface area contributed by atoms with Gasteiger partial charge in [-0.2, -0.15) is 0 Å². The Bertz CT molecular complexity index is 657. The summed E-state index contributed by atoms with van der Waals surface area (Å²) in [5.41, 5.74) is 8.09. The zero-order valence-electron chi connectivity index (χ0n) is 13.3. The fraction of sp³-hybridized carbons (Fsp3) is 0.368. The third-order valence-corrected chi connectivity index (χ3v) is 4.50. The molecule has 1 heterocycles. The number of anilines is 1. The number of hydrogen-bond acceptors (Lipinski definition) is 3. The Labute approximate surface area is 136 Å². The molecule has 2 aromatic rings. The van der Waals surface area contributed by atoms with Crippen molar-refractivity contribution in [3.8, 4) is 16.9 Å². The van der Waals surface area contributed by atoms with E-state index < -0.39 is 0 Å². The van der Waals surface area contributed by atoms with E-state index in [9.17, 15) is 4.39 Å². The van der Waals surface area contributed by atoms with E-state index in [0.29, 0.717) is 24.1 Å². The van der Waals surface area contributed by atoms with Crippen molar-refractivity contribution in [1.29, 1.82) is 0 Å². The van der Waals surface area contributed by atoms with E-state index in [4.69, 9.17) is 15.2 Å². The van der Waals surface area contributed by atoms with Gasteiger partial charge in [0.1, 0.15) is 11.6 Å². The molecule has 3 nitrogen and oxygen atoms in total. The number of benzene rings is 2. The van der Waals surface area contributed by atoms with Crippen LogP contribution in [0.25, 0.3) is 11.1 Å². The van der Waals surface area contributed by atoms with Gasteiger partial charge in [0.05, 0.1) is 13.2 Å². The molecule has 1 unspecified atom stereocenters. The van der Waals surface area contributed by atoms with Crippen LogP contribution < -0.4 is 10.5 Å². The summed E-state index contributed by atoms with van der Waals surface area (Å²) in [7, 11) is 0. The van der Waals surface area contributed by atoms with Gasteiger partial charge in [-0.1, -0.05) is 19.1 Å². The third kappa shape index (κ3) is 3.82. The van der Waals surface area contributed by atoms with Crippen LogP contribution in [0.15, 0.2) is 42.5 Å². The number of rotatable bonds is 4. The van der Waals surface area contributed by atoms with E-state index in [2.05, 4.69) is 6.92 Å². The Morgan fingerprint density at radius 3 is 2.70 bits per heavy atom. The molecule has 1 fully saturated rings. The fourth-order valence-electron chi connectivity index (χ4n) is 2.85. The first-order valence-corrected chi connectivity index (χ1v) is 7.99. The molecule has 3 rings (SSSR count). The van der Waals surface area contributed by atoms with Crippen LogP contribution >= 0.6 is 0 Å². The molecule has 122 valence electrons. The van der Waals surface area contributed by atoms with Crippen molar-refractivity contribution in [3.63, 3.8) is 0 Å². The van der Waals surface area contributed by atoms with E-state index in [0.717, 1.165) is 36.5 Å². The van der Waals surface area contributed by atoms with Gasteiger partial charge < -0.3 is 15.2 Å². The molecule has 1 aliphatic heterocycles. The van der Waals surface area contributed by atoms with Gasteiger partial charge in [-0.3, -0.25) is 0 Å². The van der Waals surface area contributed by atoms with Crippen LogP contribution in [0.4, 0.5) is 10.1 Å². The van der Waals surface area contributed by atoms with E-state index in [1.807, 2.05) is 24.3 Å².